The fourth-order valence-corrected chi connectivity index (χ4v) is 2.42. The number of hydrogen-bond donors (Lipinski definition) is 0. The number of rotatable bonds is 2. The summed E-state index contributed by atoms with van der Waals surface area (Å²) in [4.78, 5) is 5.82. The predicted octanol–water partition coefficient (Wildman–Crippen LogP) is 2.17. The van der Waals surface area contributed by atoms with Gasteiger partial charge in [-0.25, -0.2) is 0 Å². The Morgan fingerprint density at radius 1 is 1.16 bits per heavy atom. The van der Waals surface area contributed by atoms with Crippen LogP contribution in [0.5, 0.6) is 0 Å². The largest absolute Gasteiger partial charge is 0.365 e. The van der Waals surface area contributed by atoms with Crippen molar-refractivity contribution in [3.63, 3.8) is 0 Å². The number of pyridine rings is 1. The third-order valence-electron chi connectivity index (χ3n) is 3.47. The molecule has 1 aliphatic rings. The molecule has 1 aromatic rings. The van der Waals surface area contributed by atoms with E-state index in [0.29, 0.717) is 13.0 Å². The molecule has 106 valence electrons. The van der Waals surface area contributed by atoms with Crippen molar-refractivity contribution in [3.05, 3.63) is 23.5 Å². The van der Waals surface area contributed by atoms with E-state index in [4.69, 9.17) is 0 Å². The molecule has 1 aromatic heterocycles. The van der Waals surface area contributed by atoms with Gasteiger partial charge in [-0.05, 0) is 26.4 Å². The maximum Gasteiger partial charge on any atom is 0.253 e. The summed E-state index contributed by atoms with van der Waals surface area (Å²) >= 11 is 0. The third kappa shape index (κ3) is 2.65. The molecule has 0 radical (unpaired) electrons. The van der Waals surface area contributed by atoms with Crippen LogP contribution in [0.1, 0.15) is 12.8 Å². The van der Waals surface area contributed by atoms with Crippen LogP contribution in [0.2, 0.25) is 0 Å². The molecule has 0 saturated carbocycles. The lowest BCUT2D eigenvalue weighted by Crippen LogP contribution is -2.45. The second-order valence-electron chi connectivity index (χ2n) is 4.84. The Morgan fingerprint density at radius 3 is 2.26 bits per heavy atom. The summed E-state index contributed by atoms with van der Waals surface area (Å²) in [7, 11) is 3.32. The molecule has 0 spiro atoms. The predicted molar refractivity (Wildman–Crippen MR) is 63.0 cm³/mol. The molecule has 0 N–H and O–H groups in total. The van der Waals surface area contributed by atoms with Crippen LogP contribution in [0.4, 0.5) is 23.2 Å². The molecule has 1 aliphatic heterocycles. The highest BCUT2D eigenvalue weighted by atomic mass is 19.2. The first-order valence-corrected chi connectivity index (χ1v) is 6.03. The summed E-state index contributed by atoms with van der Waals surface area (Å²) in [5, 5.41) is 0. The van der Waals surface area contributed by atoms with E-state index in [9.17, 15) is 17.6 Å². The first-order chi connectivity index (χ1) is 8.91. The first kappa shape index (κ1) is 14.0. The van der Waals surface area contributed by atoms with Crippen molar-refractivity contribution in [1.82, 2.24) is 9.88 Å². The molecule has 1 fully saturated rings. The van der Waals surface area contributed by atoms with Gasteiger partial charge in [-0.2, -0.15) is 22.5 Å². The number of likely N-dealkylation sites (tertiary alicyclic amines) is 1. The van der Waals surface area contributed by atoms with Gasteiger partial charge >= 0.3 is 0 Å². The Bertz CT molecular complexity index is 454. The molecule has 3 nitrogen and oxygen atoms in total. The zero-order chi connectivity index (χ0) is 14.2. The second kappa shape index (κ2) is 5.32. The van der Waals surface area contributed by atoms with Crippen LogP contribution in [0, 0.1) is 23.5 Å². The van der Waals surface area contributed by atoms with E-state index in [1.165, 1.54) is 11.9 Å². The molecule has 0 bridgehead atoms. The quantitative estimate of drug-likeness (QED) is 0.610. The molecule has 1 saturated heterocycles. The van der Waals surface area contributed by atoms with Crippen LogP contribution in [0.15, 0.2) is 0 Å². The monoisotopic (exact) mass is 277 g/mol. The lowest BCUT2D eigenvalue weighted by Gasteiger charge is -2.37. The summed E-state index contributed by atoms with van der Waals surface area (Å²) in [6, 6.07) is -0.191. The highest BCUT2D eigenvalue weighted by Gasteiger charge is 2.29. The maximum atomic E-state index is 13.6. The van der Waals surface area contributed by atoms with E-state index in [0.717, 1.165) is 13.0 Å². The number of anilines is 1. The molecule has 1 unspecified atom stereocenters. The van der Waals surface area contributed by atoms with E-state index in [1.54, 1.807) is 0 Å². The summed E-state index contributed by atoms with van der Waals surface area (Å²) in [6.45, 7) is 1.48. The van der Waals surface area contributed by atoms with Crippen molar-refractivity contribution >= 4 is 5.69 Å². The van der Waals surface area contributed by atoms with Gasteiger partial charge in [-0.3, -0.25) is 0 Å². The topological polar surface area (TPSA) is 19.4 Å². The van der Waals surface area contributed by atoms with Gasteiger partial charge in [0.2, 0.25) is 11.6 Å². The van der Waals surface area contributed by atoms with Crippen LogP contribution < -0.4 is 4.90 Å². The minimum Gasteiger partial charge on any atom is -0.365 e. The van der Waals surface area contributed by atoms with Crippen molar-refractivity contribution in [2.24, 2.45) is 0 Å². The van der Waals surface area contributed by atoms with Gasteiger partial charge in [0.1, 0.15) is 5.69 Å². The summed E-state index contributed by atoms with van der Waals surface area (Å²) in [5.41, 5.74) is -0.690. The van der Waals surface area contributed by atoms with Gasteiger partial charge in [-0.1, -0.05) is 0 Å². The Labute approximate surface area is 108 Å². The van der Waals surface area contributed by atoms with Gasteiger partial charge in [0.15, 0.2) is 0 Å². The van der Waals surface area contributed by atoms with E-state index < -0.39 is 29.2 Å². The second-order valence-corrected chi connectivity index (χ2v) is 4.84. The lowest BCUT2D eigenvalue weighted by molar-refractivity contribution is 0.246. The minimum absolute atomic E-state index is 0.191. The number of likely N-dealkylation sites (N-methyl/N-ethyl adjacent to an activating group) is 2. The number of aromatic nitrogens is 1. The number of nitrogens with zero attached hydrogens (tertiary/aromatic N) is 3. The Hall–Kier alpha value is -1.37. The van der Waals surface area contributed by atoms with Crippen LogP contribution in [0.25, 0.3) is 0 Å². The SMILES string of the molecule is CN1CCCC(N(C)c2c(F)c(F)nc(F)c2F)C1. The normalized spacial score (nSPS) is 20.6. The molecule has 2 rings (SSSR count). The summed E-state index contributed by atoms with van der Waals surface area (Å²) < 4.78 is 53.5. The highest BCUT2D eigenvalue weighted by molar-refractivity contribution is 5.48. The number of piperidine rings is 1. The standard InChI is InChI=1S/C12H15F4N3/c1-18-5-3-4-7(6-18)19(2)10-8(13)11(15)17-12(16)9(10)14/h7H,3-6H2,1-2H3. The van der Waals surface area contributed by atoms with E-state index in [-0.39, 0.29) is 6.04 Å². The number of hydrogen-bond acceptors (Lipinski definition) is 3. The average Bonchev–Trinajstić information content (AvgIpc) is 2.36. The van der Waals surface area contributed by atoms with Crippen LogP contribution >= 0.6 is 0 Å². The van der Waals surface area contributed by atoms with Crippen molar-refractivity contribution in [2.45, 2.75) is 18.9 Å². The fourth-order valence-electron chi connectivity index (χ4n) is 2.42. The average molecular weight is 277 g/mol. The van der Waals surface area contributed by atoms with E-state index >= 15 is 0 Å². The van der Waals surface area contributed by atoms with Crippen LogP contribution in [-0.2, 0) is 0 Å². The van der Waals surface area contributed by atoms with Gasteiger partial charge in [0.05, 0.1) is 0 Å². The Kier molecular flexibility index (Phi) is 3.93. The van der Waals surface area contributed by atoms with Crippen molar-refractivity contribution in [3.8, 4) is 0 Å². The molecular formula is C12H15F4N3. The highest BCUT2D eigenvalue weighted by Crippen LogP contribution is 2.28. The Balaban J connectivity index is 2.35. The summed E-state index contributed by atoms with van der Waals surface area (Å²) in [6.07, 6.45) is 1.58. The van der Waals surface area contributed by atoms with E-state index in [1.807, 2.05) is 11.9 Å². The maximum absolute atomic E-state index is 13.6. The van der Waals surface area contributed by atoms with Gasteiger partial charge in [-0.15, -0.1) is 0 Å². The molecule has 0 amide bonds. The third-order valence-corrected chi connectivity index (χ3v) is 3.47. The molecule has 19 heavy (non-hydrogen) atoms. The summed E-state index contributed by atoms with van der Waals surface area (Å²) in [5.74, 6) is -6.14. The molecular weight excluding hydrogens is 262 g/mol. The van der Waals surface area contributed by atoms with Gasteiger partial charge in [0, 0.05) is 19.6 Å². The number of halogens is 4. The van der Waals surface area contributed by atoms with Crippen molar-refractivity contribution in [2.75, 3.05) is 32.1 Å². The van der Waals surface area contributed by atoms with Crippen LogP contribution in [0.3, 0.4) is 0 Å². The van der Waals surface area contributed by atoms with Gasteiger partial charge in [0.25, 0.3) is 11.9 Å². The molecule has 0 aromatic carbocycles. The zero-order valence-electron chi connectivity index (χ0n) is 10.8. The molecule has 1 atom stereocenters. The van der Waals surface area contributed by atoms with Gasteiger partial charge < -0.3 is 9.80 Å². The molecule has 0 aliphatic carbocycles. The first-order valence-electron chi connectivity index (χ1n) is 6.03. The Morgan fingerprint density at radius 2 is 1.74 bits per heavy atom. The van der Waals surface area contributed by atoms with Crippen LogP contribution in [-0.4, -0.2) is 43.1 Å². The zero-order valence-corrected chi connectivity index (χ0v) is 10.8. The smallest absolute Gasteiger partial charge is 0.253 e. The molecule has 2 heterocycles. The van der Waals surface area contributed by atoms with Crippen molar-refractivity contribution < 1.29 is 17.6 Å². The molecule has 7 heteroatoms. The fraction of sp³-hybridized carbons (Fsp3) is 0.583. The van der Waals surface area contributed by atoms with Crippen molar-refractivity contribution in [1.29, 1.82) is 0 Å². The lowest BCUT2D eigenvalue weighted by atomic mass is 10.0. The van der Waals surface area contributed by atoms with E-state index in [2.05, 4.69) is 4.98 Å². The minimum atomic E-state index is -1.62.